The van der Waals surface area contributed by atoms with Crippen LogP contribution in [0.1, 0.15) is 23.6 Å². The number of amides is 1. The summed E-state index contributed by atoms with van der Waals surface area (Å²) >= 11 is 0. The van der Waals surface area contributed by atoms with Gasteiger partial charge in [-0.3, -0.25) is 14.5 Å². The Balaban J connectivity index is 1.76. The predicted octanol–water partition coefficient (Wildman–Crippen LogP) is 2.86. The average Bonchev–Trinajstić information content (AvgIpc) is 3.17. The minimum absolute atomic E-state index is 0.00572. The van der Waals surface area contributed by atoms with Crippen molar-refractivity contribution in [2.24, 2.45) is 0 Å². The fourth-order valence-electron chi connectivity index (χ4n) is 4.70. The molecule has 36 heavy (non-hydrogen) atoms. The zero-order chi connectivity index (χ0) is 25.7. The van der Waals surface area contributed by atoms with E-state index >= 15 is 0 Å². The van der Waals surface area contributed by atoms with Crippen LogP contribution in [-0.2, 0) is 14.3 Å². The van der Waals surface area contributed by atoms with Crippen LogP contribution in [0.5, 0.6) is 17.2 Å². The smallest absolute Gasteiger partial charge is 0.295 e. The van der Waals surface area contributed by atoms with E-state index in [1.54, 1.807) is 49.6 Å². The molecule has 2 aliphatic rings. The summed E-state index contributed by atoms with van der Waals surface area (Å²) in [6.45, 7) is 4.15. The average molecular weight is 497 g/mol. The molecule has 1 N–H and O–H groups in total. The molecule has 2 saturated heterocycles. The number of aliphatic hydroxyl groups excluding tert-OH is 1. The molecule has 0 unspecified atom stereocenters. The summed E-state index contributed by atoms with van der Waals surface area (Å²) in [5.41, 5.74) is 0.950. The number of likely N-dealkylation sites (tertiary alicyclic amines) is 1. The van der Waals surface area contributed by atoms with Crippen LogP contribution in [0.15, 0.2) is 48.0 Å². The van der Waals surface area contributed by atoms with Gasteiger partial charge in [0.25, 0.3) is 11.7 Å². The van der Waals surface area contributed by atoms with Crippen molar-refractivity contribution in [2.75, 3.05) is 60.7 Å². The Hall–Kier alpha value is -3.56. The molecule has 0 saturated carbocycles. The van der Waals surface area contributed by atoms with Crippen molar-refractivity contribution in [3.8, 4) is 17.2 Å². The monoisotopic (exact) mass is 496 g/mol. The van der Waals surface area contributed by atoms with E-state index in [-0.39, 0.29) is 11.3 Å². The molecule has 1 atom stereocenters. The van der Waals surface area contributed by atoms with Crippen LogP contribution in [0.2, 0.25) is 0 Å². The molecule has 0 aliphatic carbocycles. The van der Waals surface area contributed by atoms with Gasteiger partial charge in [-0.15, -0.1) is 0 Å². The van der Waals surface area contributed by atoms with Crippen molar-refractivity contribution in [3.05, 3.63) is 59.2 Å². The number of benzene rings is 2. The Labute approximate surface area is 210 Å². The van der Waals surface area contributed by atoms with E-state index in [2.05, 4.69) is 4.90 Å². The highest BCUT2D eigenvalue weighted by molar-refractivity contribution is 6.46. The lowest BCUT2D eigenvalue weighted by molar-refractivity contribution is -0.140. The van der Waals surface area contributed by atoms with Gasteiger partial charge in [0.1, 0.15) is 23.0 Å². The zero-order valence-corrected chi connectivity index (χ0v) is 20.9. The maximum atomic E-state index is 13.3. The number of hydrogen-bond donors (Lipinski definition) is 1. The summed E-state index contributed by atoms with van der Waals surface area (Å²) in [7, 11) is 4.59. The van der Waals surface area contributed by atoms with Crippen LogP contribution < -0.4 is 14.2 Å². The Bertz CT molecular complexity index is 1140. The number of morpholine rings is 1. The number of Topliss-reactive ketones (excluding diaryl/α,β-unsaturated/α-hetero) is 1. The Morgan fingerprint density at radius 2 is 1.69 bits per heavy atom. The molecular weight excluding hydrogens is 464 g/mol. The first-order valence-electron chi connectivity index (χ1n) is 11.9. The molecule has 9 nitrogen and oxygen atoms in total. The normalized spacial score (nSPS) is 20.0. The molecule has 0 radical (unpaired) electrons. The third-order valence-corrected chi connectivity index (χ3v) is 6.59. The standard InChI is InChI=1S/C27H32N2O7/c1-33-19-7-4-6-18(16-19)25(30)23-24(21-17-20(34-2)8-9-22(21)35-3)29(27(32)26(23)31)11-5-10-28-12-14-36-15-13-28/h4,6-9,16-17,24,30H,5,10-15H2,1-3H3/b25-23+/t24-/m1/s1. The second-order valence-electron chi connectivity index (χ2n) is 8.64. The fourth-order valence-corrected chi connectivity index (χ4v) is 4.70. The van der Waals surface area contributed by atoms with Crippen LogP contribution in [0, 0.1) is 0 Å². The minimum atomic E-state index is -0.842. The first-order valence-corrected chi connectivity index (χ1v) is 11.9. The first kappa shape index (κ1) is 25.5. The van der Waals surface area contributed by atoms with E-state index in [0.29, 0.717) is 54.6 Å². The van der Waals surface area contributed by atoms with E-state index in [1.165, 1.54) is 19.1 Å². The Morgan fingerprint density at radius 1 is 0.972 bits per heavy atom. The van der Waals surface area contributed by atoms with Crippen molar-refractivity contribution in [1.82, 2.24) is 9.80 Å². The molecule has 2 heterocycles. The van der Waals surface area contributed by atoms with E-state index in [1.807, 2.05) is 0 Å². The summed E-state index contributed by atoms with van der Waals surface area (Å²) in [5, 5.41) is 11.3. The molecule has 0 bridgehead atoms. The summed E-state index contributed by atoms with van der Waals surface area (Å²) < 4.78 is 21.7. The summed E-state index contributed by atoms with van der Waals surface area (Å²) in [5.74, 6) is -0.108. The fraction of sp³-hybridized carbons (Fsp3) is 0.407. The van der Waals surface area contributed by atoms with Gasteiger partial charge in [0.2, 0.25) is 0 Å². The van der Waals surface area contributed by atoms with E-state index in [4.69, 9.17) is 18.9 Å². The van der Waals surface area contributed by atoms with Gasteiger partial charge in [-0.25, -0.2) is 0 Å². The van der Waals surface area contributed by atoms with Gasteiger partial charge < -0.3 is 29.0 Å². The number of rotatable bonds is 9. The zero-order valence-electron chi connectivity index (χ0n) is 20.9. The lowest BCUT2D eigenvalue weighted by Crippen LogP contribution is -2.39. The van der Waals surface area contributed by atoms with E-state index in [0.717, 1.165) is 19.6 Å². The highest BCUT2D eigenvalue weighted by atomic mass is 16.5. The van der Waals surface area contributed by atoms with Gasteiger partial charge in [0.05, 0.1) is 46.2 Å². The Morgan fingerprint density at radius 3 is 2.39 bits per heavy atom. The highest BCUT2D eigenvalue weighted by Crippen LogP contribution is 2.44. The number of carbonyl (C=O) groups is 2. The van der Waals surface area contributed by atoms with Gasteiger partial charge in [-0.2, -0.15) is 0 Å². The van der Waals surface area contributed by atoms with Crippen LogP contribution in [-0.4, -0.2) is 87.3 Å². The van der Waals surface area contributed by atoms with Crippen LogP contribution in [0.3, 0.4) is 0 Å². The summed E-state index contributed by atoms with van der Waals surface area (Å²) in [6, 6.07) is 11.1. The van der Waals surface area contributed by atoms with E-state index < -0.39 is 17.7 Å². The van der Waals surface area contributed by atoms with Gasteiger partial charge in [0, 0.05) is 37.3 Å². The van der Waals surface area contributed by atoms with Crippen LogP contribution >= 0.6 is 0 Å². The number of nitrogens with zero attached hydrogens (tertiary/aromatic N) is 2. The van der Waals surface area contributed by atoms with Crippen LogP contribution in [0.4, 0.5) is 0 Å². The predicted molar refractivity (Wildman–Crippen MR) is 133 cm³/mol. The third kappa shape index (κ3) is 5.17. The topological polar surface area (TPSA) is 97.8 Å². The van der Waals surface area contributed by atoms with Crippen molar-refractivity contribution >= 4 is 17.4 Å². The lowest BCUT2D eigenvalue weighted by Gasteiger charge is -2.29. The van der Waals surface area contributed by atoms with Crippen molar-refractivity contribution < 1.29 is 33.6 Å². The molecule has 2 aromatic rings. The number of hydrogen-bond acceptors (Lipinski definition) is 8. The maximum Gasteiger partial charge on any atom is 0.295 e. The second kappa shape index (κ2) is 11.5. The first-order chi connectivity index (χ1) is 17.5. The third-order valence-electron chi connectivity index (χ3n) is 6.59. The van der Waals surface area contributed by atoms with E-state index in [9.17, 15) is 14.7 Å². The number of aliphatic hydroxyl groups is 1. The number of carbonyl (C=O) groups excluding carboxylic acids is 2. The molecule has 2 aromatic carbocycles. The molecule has 1 amide bonds. The molecule has 9 heteroatoms. The molecule has 2 aliphatic heterocycles. The van der Waals surface area contributed by atoms with Crippen molar-refractivity contribution in [2.45, 2.75) is 12.5 Å². The summed E-state index contributed by atoms with van der Waals surface area (Å²) in [6.07, 6.45) is 0.662. The van der Waals surface area contributed by atoms with Gasteiger partial charge >= 0.3 is 0 Å². The molecule has 192 valence electrons. The Kier molecular flexibility index (Phi) is 8.12. The van der Waals surface area contributed by atoms with Crippen LogP contribution in [0.25, 0.3) is 5.76 Å². The molecular formula is C27H32N2O7. The number of ketones is 1. The van der Waals surface area contributed by atoms with Crippen molar-refractivity contribution in [3.63, 3.8) is 0 Å². The second-order valence-corrected chi connectivity index (χ2v) is 8.64. The largest absolute Gasteiger partial charge is 0.507 e. The molecule has 4 rings (SSSR count). The molecule has 0 spiro atoms. The molecule has 2 fully saturated rings. The quantitative estimate of drug-likeness (QED) is 0.322. The van der Waals surface area contributed by atoms with Gasteiger partial charge in [-0.1, -0.05) is 12.1 Å². The highest BCUT2D eigenvalue weighted by Gasteiger charge is 2.47. The van der Waals surface area contributed by atoms with Gasteiger partial charge in [0.15, 0.2) is 0 Å². The summed E-state index contributed by atoms with van der Waals surface area (Å²) in [4.78, 5) is 30.4. The lowest BCUT2D eigenvalue weighted by atomic mass is 9.94. The van der Waals surface area contributed by atoms with Gasteiger partial charge in [-0.05, 0) is 36.8 Å². The SMILES string of the molecule is COc1cccc(/C(O)=C2\C(=O)C(=O)N(CCCN3CCOCC3)[C@@H]2c2cc(OC)ccc2OC)c1. The number of ether oxygens (including phenoxy) is 4. The molecule has 0 aromatic heterocycles. The minimum Gasteiger partial charge on any atom is -0.507 e. The van der Waals surface area contributed by atoms with Crippen molar-refractivity contribution in [1.29, 1.82) is 0 Å². The number of methoxy groups -OCH3 is 3. The maximum absolute atomic E-state index is 13.3.